The lowest BCUT2D eigenvalue weighted by molar-refractivity contribution is 0.0690. The molecule has 0 bridgehead atoms. The Labute approximate surface area is 150 Å². The predicted molar refractivity (Wildman–Crippen MR) is 94.7 cm³/mol. The maximum Gasteiger partial charge on any atom is 0.354 e. The largest absolute Gasteiger partial charge is 0.489 e. The van der Waals surface area contributed by atoms with Crippen LogP contribution >= 0.6 is 0 Å². The Morgan fingerprint density at radius 1 is 1.19 bits per heavy atom. The number of benzene rings is 2. The summed E-state index contributed by atoms with van der Waals surface area (Å²) in [5.74, 6) is -0.130. The first-order valence-corrected chi connectivity index (χ1v) is 7.86. The van der Waals surface area contributed by atoms with Crippen LogP contribution in [-0.2, 0) is 6.61 Å². The maximum atomic E-state index is 11.0. The zero-order chi connectivity index (χ0) is 18.5. The molecule has 1 N–H and O–H groups in total. The smallest absolute Gasteiger partial charge is 0.354 e. The molecule has 0 unspecified atom stereocenters. The highest BCUT2D eigenvalue weighted by molar-refractivity contribution is 5.85. The summed E-state index contributed by atoms with van der Waals surface area (Å²) in [5.41, 5.74) is 3.07. The topological polar surface area (TPSA) is 96.1 Å². The molecule has 0 saturated heterocycles. The fraction of sp³-hybridized carbons (Fsp3) is 0.100. The van der Waals surface area contributed by atoms with Gasteiger partial charge in [-0.25, -0.2) is 14.8 Å². The van der Waals surface area contributed by atoms with Crippen molar-refractivity contribution < 1.29 is 14.6 Å². The Morgan fingerprint density at radius 3 is 2.65 bits per heavy atom. The van der Waals surface area contributed by atoms with Crippen molar-refractivity contribution in [1.82, 2.24) is 9.97 Å². The molecule has 26 heavy (non-hydrogen) atoms. The van der Waals surface area contributed by atoms with Gasteiger partial charge in [-0.15, -0.1) is 0 Å². The molecule has 0 saturated carbocycles. The third kappa shape index (κ3) is 3.84. The van der Waals surface area contributed by atoms with Crippen molar-refractivity contribution >= 4 is 5.97 Å². The fourth-order valence-electron chi connectivity index (χ4n) is 2.40. The fourth-order valence-corrected chi connectivity index (χ4v) is 2.40. The highest BCUT2D eigenvalue weighted by Gasteiger charge is 2.08. The van der Waals surface area contributed by atoms with E-state index >= 15 is 0 Å². The van der Waals surface area contributed by atoms with Crippen molar-refractivity contribution in [2.45, 2.75) is 13.5 Å². The van der Waals surface area contributed by atoms with Crippen molar-refractivity contribution in [3.05, 3.63) is 77.1 Å². The molecule has 0 amide bonds. The zero-order valence-electron chi connectivity index (χ0n) is 14.0. The number of hydrogen-bond acceptors (Lipinski definition) is 5. The summed E-state index contributed by atoms with van der Waals surface area (Å²) in [6.45, 7) is 2.22. The Bertz CT molecular complexity index is 992. The van der Waals surface area contributed by atoms with Gasteiger partial charge in [0.05, 0.1) is 11.6 Å². The number of carbonyl (C=O) groups is 1. The summed E-state index contributed by atoms with van der Waals surface area (Å²) in [6.07, 6.45) is 1.41. The van der Waals surface area contributed by atoms with E-state index in [0.29, 0.717) is 22.7 Å². The van der Waals surface area contributed by atoms with Gasteiger partial charge in [0, 0.05) is 17.3 Å². The average Bonchev–Trinajstić information content (AvgIpc) is 2.67. The maximum absolute atomic E-state index is 11.0. The van der Waals surface area contributed by atoms with Gasteiger partial charge in [0.1, 0.15) is 12.4 Å². The van der Waals surface area contributed by atoms with Crippen molar-refractivity contribution in [3.63, 3.8) is 0 Å². The average molecular weight is 345 g/mol. The minimum Gasteiger partial charge on any atom is -0.489 e. The van der Waals surface area contributed by atoms with E-state index in [0.717, 1.165) is 11.1 Å². The molecule has 3 aromatic rings. The van der Waals surface area contributed by atoms with Gasteiger partial charge in [-0.05, 0) is 48.9 Å². The summed E-state index contributed by atoms with van der Waals surface area (Å²) in [6, 6.07) is 16.2. The number of carboxylic acid groups (broad SMARTS) is 1. The molecule has 0 fully saturated rings. The van der Waals surface area contributed by atoms with Crippen LogP contribution in [0.5, 0.6) is 5.75 Å². The Kier molecular flexibility index (Phi) is 4.90. The van der Waals surface area contributed by atoms with Gasteiger partial charge in [-0.3, -0.25) is 0 Å². The van der Waals surface area contributed by atoms with E-state index in [-0.39, 0.29) is 12.3 Å². The van der Waals surface area contributed by atoms with Crippen molar-refractivity contribution in [2.75, 3.05) is 0 Å². The molecular formula is C20H15N3O3. The summed E-state index contributed by atoms with van der Waals surface area (Å²) < 4.78 is 5.74. The molecule has 0 aliphatic heterocycles. The molecular weight excluding hydrogens is 330 g/mol. The zero-order valence-corrected chi connectivity index (χ0v) is 14.0. The molecule has 2 aromatic carbocycles. The van der Waals surface area contributed by atoms with Gasteiger partial charge in [-0.1, -0.05) is 12.1 Å². The highest BCUT2D eigenvalue weighted by Crippen LogP contribution is 2.21. The van der Waals surface area contributed by atoms with Crippen molar-refractivity contribution in [2.24, 2.45) is 0 Å². The van der Waals surface area contributed by atoms with Crippen LogP contribution in [0.1, 0.15) is 27.2 Å². The van der Waals surface area contributed by atoms with Crippen LogP contribution in [0.4, 0.5) is 0 Å². The van der Waals surface area contributed by atoms with Gasteiger partial charge in [0.2, 0.25) is 0 Å². The second kappa shape index (κ2) is 7.45. The molecule has 3 rings (SSSR count). The molecule has 0 spiro atoms. The summed E-state index contributed by atoms with van der Waals surface area (Å²) in [5, 5.41) is 18.2. The third-order valence-corrected chi connectivity index (χ3v) is 3.77. The van der Waals surface area contributed by atoms with Crippen LogP contribution in [0, 0.1) is 18.3 Å². The summed E-state index contributed by atoms with van der Waals surface area (Å²) in [7, 11) is 0. The molecule has 1 heterocycles. The predicted octanol–water partition coefficient (Wildman–Crippen LogP) is 3.60. The lowest BCUT2D eigenvalue weighted by atomic mass is 10.1. The van der Waals surface area contributed by atoms with E-state index in [1.807, 2.05) is 25.1 Å². The normalized spacial score (nSPS) is 10.2. The number of ether oxygens (including phenoxy) is 1. The van der Waals surface area contributed by atoms with E-state index in [2.05, 4.69) is 16.0 Å². The minimum absolute atomic E-state index is 0.0567. The number of aromatic nitrogens is 2. The monoisotopic (exact) mass is 345 g/mol. The molecule has 6 heteroatoms. The minimum atomic E-state index is -1.10. The number of hydrogen-bond donors (Lipinski definition) is 1. The number of aryl methyl sites for hydroxylation is 1. The van der Waals surface area contributed by atoms with Gasteiger partial charge >= 0.3 is 5.97 Å². The third-order valence-electron chi connectivity index (χ3n) is 3.77. The van der Waals surface area contributed by atoms with Gasteiger partial charge in [0.15, 0.2) is 11.5 Å². The van der Waals surface area contributed by atoms with Crippen LogP contribution in [0.2, 0.25) is 0 Å². The molecule has 1 aromatic heterocycles. The first kappa shape index (κ1) is 17.1. The molecule has 128 valence electrons. The Hall–Kier alpha value is -3.72. The number of nitrogens with zero attached hydrogens (tertiary/aromatic N) is 3. The van der Waals surface area contributed by atoms with E-state index in [1.165, 1.54) is 12.3 Å². The quantitative estimate of drug-likeness (QED) is 0.759. The molecule has 0 radical (unpaired) electrons. The molecule has 0 aliphatic carbocycles. The number of nitriles is 1. The first-order chi connectivity index (χ1) is 12.6. The van der Waals surface area contributed by atoms with Crippen LogP contribution < -0.4 is 4.74 Å². The van der Waals surface area contributed by atoms with E-state index in [4.69, 9.17) is 9.84 Å². The Morgan fingerprint density at radius 2 is 1.96 bits per heavy atom. The number of aromatic carboxylic acids is 1. The molecule has 6 nitrogen and oxygen atoms in total. The van der Waals surface area contributed by atoms with E-state index in [9.17, 15) is 10.1 Å². The summed E-state index contributed by atoms with van der Waals surface area (Å²) in [4.78, 5) is 19.1. The van der Waals surface area contributed by atoms with Crippen LogP contribution in [0.3, 0.4) is 0 Å². The highest BCUT2D eigenvalue weighted by atomic mass is 16.5. The van der Waals surface area contributed by atoms with Crippen LogP contribution in [0.25, 0.3) is 11.4 Å². The van der Waals surface area contributed by atoms with E-state index < -0.39 is 5.97 Å². The van der Waals surface area contributed by atoms with Crippen LogP contribution in [0.15, 0.2) is 54.7 Å². The van der Waals surface area contributed by atoms with Crippen LogP contribution in [-0.4, -0.2) is 21.0 Å². The first-order valence-electron chi connectivity index (χ1n) is 7.86. The molecule has 0 aliphatic rings. The van der Waals surface area contributed by atoms with Gasteiger partial charge in [0.25, 0.3) is 0 Å². The number of rotatable bonds is 5. The number of carboxylic acids is 1. The molecule has 0 atom stereocenters. The van der Waals surface area contributed by atoms with Gasteiger partial charge < -0.3 is 9.84 Å². The SMILES string of the molecule is Cc1ccc(COc2ccc(-c3nccc(C(=O)O)n3)cc2)c(C#N)c1. The lowest BCUT2D eigenvalue weighted by Crippen LogP contribution is -2.02. The van der Waals surface area contributed by atoms with Crippen molar-refractivity contribution in [1.29, 1.82) is 5.26 Å². The van der Waals surface area contributed by atoms with Gasteiger partial charge in [-0.2, -0.15) is 5.26 Å². The van der Waals surface area contributed by atoms with E-state index in [1.54, 1.807) is 24.3 Å². The second-order valence-electron chi connectivity index (χ2n) is 5.66. The standard InChI is InChI=1S/C20H15N3O3/c1-13-2-3-15(16(10-13)11-21)12-26-17-6-4-14(5-7-17)19-22-9-8-18(23-19)20(24)25/h2-10H,12H2,1H3,(H,24,25). The Balaban J connectivity index is 1.74. The second-order valence-corrected chi connectivity index (χ2v) is 5.66. The lowest BCUT2D eigenvalue weighted by Gasteiger charge is -2.09. The van der Waals surface area contributed by atoms with Crippen molar-refractivity contribution in [3.8, 4) is 23.2 Å². The summed E-state index contributed by atoms with van der Waals surface area (Å²) >= 11 is 0.